The summed E-state index contributed by atoms with van der Waals surface area (Å²) in [6, 6.07) is 1.01. The van der Waals surface area contributed by atoms with Gasteiger partial charge in [0.2, 0.25) is 11.8 Å². The van der Waals surface area contributed by atoms with Crippen LogP contribution in [0.15, 0.2) is 6.07 Å². The number of hydrogen-bond acceptors (Lipinski definition) is 4. The van der Waals surface area contributed by atoms with Gasteiger partial charge in [-0.15, -0.1) is 11.3 Å². The van der Waals surface area contributed by atoms with Crippen LogP contribution in [0.4, 0.5) is 4.79 Å². The van der Waals surface area contributed by atoms with E-state index in [1.807, 2.05) is 33.8 Å². The van der Waals surface area contributed by atoms with Crippen LogP contribution < -0.4 is 5.32 Å². The lowest BCUT2D eigenvalue weighted by Crippen LogP contribution is -2.58. The monoisotopic (exact) mass is 308 g/mol. The number of hydrogen-bond donors (Lipinski definition) is 1. The molecule has 0 aromatic carbocycles. The lowest BCUT2D eigenvalue weighted by molar-refractivity contribution is -0.144. The molecular formula is C15H20N2O3S. The van der Waals surface area contributed by atoms with Gasteiger partial charge in [0.25, 0.3) is 0 Å². The fourth-order valence-corrected chi connectivity index (χ4v) is 3.76. The molecule has 2 unspecified atom stereocenters. The Morgan fingerprint density at radius 3 is 2.52 bits per heavy atom. The van der Waals surface area contributed by atoms with Gasteiger partial charge < -0.3 is 0 Å². The molecule has 21 heavy (non-hydrogen) atoms. The minimum atomic E-state index is -0.754. The Morgan fingerprint density at radius 1 is 1.33 bits per heavy atom. The summed E-state index contributed by atoms with van der Waals surface area (Å²) < 4.78 is 0. The first-order valence-electron chi connectivity index (χ1n) is 7.11. The lowest BCUT2D eigenvalue weighted by atomic mass is 9.97. The van der Waals surface area contributed by atoms with E-state index >= 15 is 0 Å². The van der Waals surface area contributed by atoms with Gasteiger partial charge in [-0.2, -0.15) is 0 Å². The van der Waals surface area contributed by atoms with E-state index in [4.69, 9.17) is 0 Å². The van der Waals surface area contributed by atoms with Crippen molar-refractivity contribution in [2.45, 2.75) is 46.6 Å². The molecule has 4 amide bonds. The van der Waals surface area contributed by atoms with Crippen molar-refractivity contribution in [3.05, 3.63) is 21.4 Å². The maximum atomic E-state index is 12.5. The van der Waals surface area contributed by atoms with E-state index in [0.717, 1.165) is 21.7 Å². The highest BCUT2D eigenvalue weighted by Gasteiger charge is 2.42. The summed E-state index contributed by atoms with van der Waals surface area (Å²) in [4.78, 5) is 39.8. The summed E-state index contributed by atoms with van der Waals surface area (Å²) in [5.74, 6) is -1.62. The van der Waals surface area contributed by atoms with Crippen molar-refractivity contribution in [1.82, 2.24) is 10.2 Å². The Hall–Kier alpha value is -1.69. The number of carbonyl (C=O) groups is 3. The SMILES string of the molecule is CCCC1C(=O)NC(=O)N(C(C)c2cc(C)sc2C)C1=O. The van der Waals surface area contributed by atoms with Gasteiger partial charge in [0, 0.05) is 9.75 Å². The van der Waals surface area contributed by atoms with E-state index in [-0.39, 0.29) is 11.9 Å². The second-order valence-electron chi connectivity index (χ2n) is 5.39. The number of nitrogens with zero attached hydrogens (tertiary/aromatic N) is 1. The summed E-state index contributed by atoms with van der Waals surface area (Å²) in [6.07, 6.45) is 1.18. The van der Waals surface area contributed by atoms with Gasteiger partial charge in [-0.1, -0.05) is 13.3 Å². The quantitative estimate of drug-likeness (QED) is 0.870. The molecule has 2 atom stereocenters. The molecule has 0 saturated carbocycles. The van der Waals surface area contributed by atoms with Crippen LogP contribution in [-0.4, -0.2) is 22.7 Å². The number of nitrogens with one attached hydrogen (secondary N) is 1. The smallest absolute Gasteiger partial charge is 0.277 e. The van der Waals surface area contributed by atoms with Crippen LogP contribution in [0, 0.1) is 19.8 Å². The molecule has 1 aromatic rings. The van der Waals surface area contributed by atoms with Crippen molar-refractivity contribution in [2.24, 2.45) is 5.92 Å². The molecule has 5 nitrogen and oxygen atoms in total. The molecule has 0 spiro atoms. The molecular weight excluding hydrogens is 288 g/mol. The number of barbiturate groups is 1. The Labute approximate surface area is 128 Å². The lowest BCUT2D eigenvalue weighted by Gasteiger charge is -2.34. The van der Waals surface area contributed by atoms with Gasteiger partial charge in [-0.05, 0) is 38.8 Å². The first-order valence-corrected chi connectivity index (χ1v) is 7.93. The Balaban J connectivity index is 2.32. The Kier molecular flexibility index (Phi) is 4.46. The molecule has 2 heterocycles. The summed E-state index contributed by atoms with van der Waals surface area (Å²) in [7, 11) is 0. The zero-order valence-corrected chi connectivity index (χ0v) is 13.5. The number of imide groups is 2. The molecule has 0 bridgehead atoms. The van der Waals surface area contributed by atoms with E-state index in [0.29, 0.717) is 6.42 Å². The standard InChI is InChI=1S/C15H20N2O3S/c1-5-6-11-13(18)16-15(20)17(14(11)19)9(3)12-7-8(2)21-10(12)4/h7,9,11H,5-6H2,1-4H3,(H,16,18,20). The molecule has 0 aliphatic carbocycles. The molecule has 1 saturated heterocycles. The Morgan fingerprint density at radius 2 is 2.00 bits per heavy atom. The maximum absolute atomic E-state index is 12.5. The third-order valence-electron chi connectivity index (χ3n) is 3.80. The van der Waals surface area contributed by atoms with Crippen molar-refractivity contribution in [3.63, 3.8) is 0 Å². The summed E-state index contributed by atoms with van der Waals surface area (Å²) >= 11 is 1.64. The first-order chi connectivity index (χ1) is 9.86. The predicted octanol–water partition coefficient (Wildman–Crippen LogP) is 2.92. The van der Waals surface area contributed by atoms with Crippen molar-refractivity contribution < 1.29 is 14.4 Å². The number of amides is 4. The molecule has 1 aliphatic rings. The number of carbonyl (C=O) groups excluding carboxylic acids is 3. The third-order valence-corrected chi connectivity index (χ3v) is 4.78. The minimum Gasteiger partial charge on any atom is -0.277 e. The number of urea groups is 1. The van der Waals surface area contributed by atoms with Crippen molar-refractivity contribution in [1.29, 1.82) is 0 Å². The predicted molar refractivity (Wildman–Crippen MR) is 81.0 cm³/mol. The fourth-order valence-electron chi connectivity index (χ4n) is 2.75. The van der Waals surface area contributed by atoms with Crippen LogP contribution in [0.3, 0.4) is 0 Å². The highest BCUT2D eigenvalue weighted by molar-refractivity contribution is 7.12. The molecule has 2 rings (SSSR count). The van der Waals surface area contributed by atoms with Gasteiger partial charge in [0.1, 0.15) is 5.92 Å². The number of aryl methyl sites for hydroxylation is 2. The highest BCUT2D eigenvalue weighted by atomic mass is 32.1. The molecule has 6 heteroatoms. The molecule has 1 aromatic heterocycles. The minimum absolute atomic E-state index is 0.366. The van der Waals surface area contributed by atoms with Gasteiger partial charge >= 0.3 is 6.03 Å². The van der Waals surface area contributed by atoms with E-state index in [2.05, 4.69) is 5.32 Å². The average molecular weight is 308 g/mol. The van der Waals surface area contributed by atoms with Crippen molar-refractivity contribution in [2.75, 3.05) is 0 Å². The van der Waals surface area contributed by atoms with Gasteiger partial charge in [-0.3, -0.25) is 19.8 Å². The van der Waals surface area contributed by atoms with Crippen LogP contribution in [-0.2, 0) is 9.59 Å². The first kappa shape index (κ1) is 15.7. The molecule has 0 radical (unpaired) electrons. The van der Waals surface area contributed by atoms with Crippen molar-refractivity contribution >= 4 is 29.2 Å². The Bertz CT molecular complexity index is 594. The van der Waals surface area contributed by atoms with Crippen LogP contribution in [0.5, 0.6) is 0 Å². The maximum Gasteiger partial charge on any atom is 0.331 e. The molecule has 1 N–H and O–H groups in total. The van der Waals surface area contributed by atoms with Crippen LogP contribution in [0.2, 0.25) is 0 Å². The average Bonchev–Trinajstić information content (AvgIpc) is 2.73. The molecule has 114 valence electrons. The highest BCUT2D eigenvalue weighted by Crippen LogP contribution is 2.32. The topological polar surface area (TPSA) is 66.5 Å². The van der Waals surface area contributed by atoms with E-state index in [1.54, 1.807) is 11.3 Å². The van der Waals surface area contributed by atoms with Crippen molar-refractivity contribution in [3.8, 4) is 0 Å². The van der Waals surface area contributed by atoms with Gasteiger partial charge in [-0.25, -0.2) is 4.79 Å². The largest absolute Gasteiger partial charge is 0.331 e. The zero-order chi connectivity index (χ0) is 15.7. The third kappa shape index (κ3) is 2.85. The van der Waals surface area contributed by atoms with Crippen LogP contribution in [0.25, 0.3) is 0 Å². The number of thiophene rings is 1. The van der Waals surface area contributed by atoms with Crippen LogP contribution in [0.1, 0.15) is 48.0 Å². The van der Waals surface area contributed by atoms with E-state index < -0.39 is 17.9 Å². The summed E-state index contributed by atoms with van der Waals surface area (Å²) in [5.41, 5.74) is 0.964. The summed E-state index contributed by atoms with van der Waals surface area (Å²) in [6.45, 7) is 7.71. The van der Waals surface area contributed by atoms with Crippen LogP contribution >= 0.6 is 11.3 Å². The van der Waals surface area contributed by atoms with E-state index in [1.165, 1.54) is 4.90 Å². The van der Waals surface area contributed by atoms with Gasteiger partial charge in [0.15, 0.2) is 0 Å². The molecule has 1 aliphatic heterocycles. The number of rotatable bonds is 4. The molecule has 1 fully saturated rings. The van der Waals surface area contributed by atoms with Gasteiger partial charge in [0.05, 0.1) is 6.04 Å². The summed E-state index contributed by atoms with van der Waals surface area (Å²) in [5, 5.41) is 2.30. The zero-order valence-electron chi connectivity index (χ0n) is 12.7. The van der Waals surface area contributed by atoms with E-state index in [9.17, 15) is 14.4 Å². The normalized spacial score (nSPS) is 20.7. The second kappa shape index (κ2) is 5.97. The second-order valence-corrected chi connectivity index (χ2v) is 6.85. The fraction of sp³-hybridized carbons (Fsp3) is 0.533.